The van der Waals surface area contributed by atoms with Gasteiger partial charge in [0.2, 0.25) is 0 Å². The fourth-order valence-electron chi connectivity index (χ4n) is 4.34. The number of piperidine rings is 1. The van der Waals surface area contributed by atoms with Gasteiger partial charge in [-0.3, -0.25) is 9.89 Å². The zero-order valence-corrected chi connectivity index (χ0v) is 22.3. The Bertz CT molecular complexity index is 1250. The largest absolute Gasteiger partial charge is 0.478 e. The molecule has 0 amide bonds. The molecule has 2 aliphatic rings. The van der Waals surface area contributed by atoms with Gasteiger partial charge < -0.3 is 15.2 Å². The van der Waals surface area contributed by atoms with Gasteiger partial charge in [0.05, 0.1) is 12.2 Å². The number of carboxylic acids is 1. The SMILES string of the molecule is CCOC(=O)C1=C(CN2CCC(/C=C/C(=O)O)C(F)C2)NC(c2nccs2)=NC1c1ccc(F)cc1Br. The van der Waals surface area contributed by atoms with E-state index in [1.54, 1.807) is 24.6 Å². The Hall–Kier alpha value is -2.96. The molecule has 2 N–H and O–H groups in total. The van der Waals surface area contributed by atoms with Gasteiger partial charge >= 0.3 is 11.9 Å². The van der Waals surface area contributed by atoms with Crippen LogP contribution in [-0.4, -0.2) is 65.2 Å². The molecular weight excluding hydrogens is 570 g/mol. The number of thiazole rings is 1. The van der Waals surface area contributed by atoms with Crippen molar-refractivity contribution in [1.82, 2.24) is 15.2 Å². The molecule has 3 unspecified atom stereocenters. The maximum Gasteiger partial charge on any atom is 0.338 e. The summed E-state index contributed by atoms with van der Waals surface area (Å²) in [5.41, 5.74) is 1.31. The number of amidine groups is 1. The molecule has 0 bridgehead atoms. The molecule has 3 atom stereocenters. The predicted octanol–water partition coefficient (Wildman–Crippen LogP) is 4.25. The number of nitrogens with one attached hydrogen (secondary N) is 1. The fraction of sp³-hybridized carbons (Fsp3) is 0.360. The second-order valence-electron chi connectivity index (χ2n) is 8.52. The van der Waals surface area contributed by atoms with Gasteiger partial charge in [0.15, 0.2) is 10.8 Å². The van der Waals surface area contributed by atoms with E-state index < -0.39 is 35.9 Å². The maximum absolute atomic E-state index is 14.9. The quantitative estimate of drug-likeness (QED) is 0.348. The number of likely N-dealkylation sites (tertiary alicyclic amines) is 1. The van der Waals surface area contributed by atoms with Crippen molar-refractivity contribution in [1.29, 1.82) is 0 Å². The third-order valence-corrected chi connectivity index (χ3v) is 7.52. The van der Waals surface area contributed by atoms with Crippen molar-refractivity contribution in [3.63, 3.8) is 0 Å². The summed E-state index contributed by atoms with van der Waals surface area (Å²) in [5, 5.41) is 14.5. The van der Waals surface area contributed by atoms with Crippen LogP contribution in [0, 0.1) is 11.7 Å². The summed E-state index contributed by atoms with van der Waals surface area (Å²) in [6.07, 6.45) is 3.16. The lowest BCUT2D eigenvalue weighted by Crippen LogP contribution is -2.45. The molecule has 1 aromatic heterocycles. The molecule has 37 heavy (non-hydrogen) atoms. The number of carbonyl (C=O) groups is 2. The molecule has 1 fully saturated rings. The van der Waals surface area contributed by atoms with E-state index in [-0.39, 0.29) is 25.3 Å². The number of alkyl halides is 1. The second-order valence-corrected chi connectivity index (χ2v) is 10.3. The molecule has 0 radical (unpaired) electrons. The van der Waals surface area contributed by atoms with Crippen molar-refractivity contribution < 1.29 is 28.2 Å². The van der Waals surface area contributed by atoms with E-state index in [1.165, 1.54) is 29.5 Å². The fourth-order valence-corrected chi connectivity index (χ4v) is 5.50. The van der Waals surface area contributed by atoms with Crippen molar-refractivity contribution in [2.24, 2.45) is 10.9 Å². The number of carbonyl (C=O) groups excluding carboxylic acids is 1. The van der Waals surface area contributed by atoms with E-state index in [9.17, 15) is 18.4 Å². The Morgan fingerprint density at radius 3 is 2.86 bits per heavy atom. The molecule has 1 aromatic carbocycles. The number of aliphatic imine (C=N–C) groups is 1. The summed E-state index contributed by atoms with van der Waals surface area (Å²) in [7, 11) is 0. The second kappa shape index (κ2) is 12.1. The highest BCUT2D eigenvalue weighted by molar-refractivity contribution is 9.10. The van der Waals surface area contributed by atoms with Gasteiger partial charge in [0, 0.05) is 46.8 Å². The molecule has 8 nitrogen and oxygen atoms in total. The summed E-state index contributed by atoms with van der Waals surface area (Å²) in [6.45, 7) is 2.59. The van der Waals surface area contributed by atoms with Gasteiger partial charge in [0.1, 0.15) is 18.0 Å². The molecule has 4 rings (SSSR count). The first kappa shape index (κ1) is 27.1. The van der Waals surface area contributed by atoms with Gasteiger partial charge in [0.25, 0.3) is 0 Å². The summed E-state index contributed by atoms with van der Waals surface area (Å²) in [4.78, 5) is 35.0. The van der Waals surface area contributed by atoms with Gasteiger partial charge in [-0.1, -0.05) is 28.1 Å². The van der Waals surface area contributed by atoms with Gasteiger partial charge in [-0.15, -0.1) is 11.3 Å². The number of rotatable bonds is 8. The molecule has 2 aliphatic heterocycles. The zero-order chi connectivity index (χ0) is 26.5. The average Bonchev–Trinajstić information content (AvgIpc) is 3.38. The molecule has 0 spiro atoms. The number of carboxylic acid groups (broad SMARTS) is 1. The van der Waals surface area contributed by atoms with Crippen molar-refractivity contribution in [3.05, 3.63) is 74.1 Å². The van der Waals surface area contributed by atoms with Crippen LogP contribution >= 0.6 is 27.3 Å². The Morgan fingerprint density at radius 1 is 1.41 bits per heavy atom. The number of allylic oxidation sites excluding steroid dienone is 1. The smallest absolute Gasteiger partial charge is 0.338 e. The molecular formula is C25H25BrF2N4O4S. The Kier molecular flexibility index (Phi) is 8.83. The molecule has 196 valence electrons. The van der Waals surface area contributed by atoms with Crippen LogP contribution in [0.2, 0.25) is 0 Å². The topological polar surface area (TPSA) is 104 Å². The minimum atomic E-state index is -1.27. The van der Waals surface area contributed by atoms with Crippen LogP contribution in [0.5, 0.6) is 0 Å². The third kappa shape index (κ3) is 6.49. The van der Waals surface area contributed by atoms with Crippen molar-refractivity contribution in [2.75, 3.05) is 26.2 Å². The van der Waals surface area contributed by atoms with E-state index >= 15 is 0 Å². The molecule has 0 saturated carbocycles. The van der Waals surface area contributed by atoms with Crippen molar-refractivity contribution in [3.8, 4) is 0 Å². The van der Waals surface area contributed by atoms with Gasteiger partial charge in [-0.25, -0.2) is 23.4 Å². The van der Waals surface area contributed by atoms with E-state index in [0.29, 0.717) is 39.5 Å². The van der Waals surface area contributed by atoms with Crippen LogP contribution in [0.25, 0.3) is 0 Å². The number of nitrogens with zero attached hydrogens (tertiary/aromatic N) is 3. The van der Waals surface area contributed by atoms with Crippen LogP contribution < -0.4 is 5.32 Å². The Balaban J connectivity index is 1.71. The minimum Gasteiger partial charge on any atom is -0.478 e. The number of benzene rings is 1. The molecule has 1 saturated heterocycles. The average molecular weight is 595 g/mol. The van der Waals surface area contributed by atoms with Crippen LogP contribution in [0.4, 0.5) is 8.78 Å². The summed E-state index contributed by atoms with van der Waals surface area (Å²) in [5.74, 6) is -2.19. The maximum atomic E-state index is 14.9. The highest BCUT2D eigenvalue weighted by Crippen LogP contribution is 2.37. The normalized spacial score (nSPS) is 22.6. The molecule has 3 heterocycles. The van der Waals surface area contributed by atoms with E-state index in [4.69, 9.17) is 14.8 Å². The summed E-state index contributed by atoms with van der Waals surface area (Å²) < 4.78 is 34.6. The first-order valence-electron chi connectivity index (χ1n) is 11.6. The summed E-state index contributed by atoms with van der Waals surface area (Å²) >= 11 is 4.76. The predicted molar refractivity (Wildman–Crippen MR) is 139 cm³/mol. The third-order valence-electron chi connectivity index (χ3n) is 6.06. The highest BCUT2D eigenvalue weighted by atomic mass is 79.9. The Morgan fingerprint density at radius 2 is 2.22 bits per heavy atom. The van der Waals surface area contributed by atoms with E-state index in [1.807, 2.05) is 4.90 Å². The van der Waals surface area contributed by atoms with Crippen LogP contribution in [-0.2, 0) is 14.3 Å². The number of esters is 1. The first-order valence-corrected chi connectivity index (χ1v) is 13.3. The molecule has 0 aliphatic carbocycles. The number of aliphatic carboxylic acids is 1. The van der Waals surface area contributed by atoms with Gasteiger partial charge in [-0.05, 0) is 37.6 Å². The monoisotopic (exact) mass is 594 g/mol. The number of halogens is 3. The molecule has 2 aromatic rings. The van der Waals surface area contributed by atoms with Crippen LogP contribution in [0.3, 0.4) is 0 Å². The number of ether oxygens (including phenoxy) is 1. The minimum absolute atomic E-state index is 0.0601. The highest BCUT2D eigenvalue weighted by Gasteiger charge is 2.36. The first-order chi connectivity index (χ1) is 17.8. The standard InChI is InChI=1S/C25H25BrF2N4O4S/c1-2-36-25(35)21-19(13-32-9-7-14(18(28)12-32)3-6-20(33)34)30-23(24-29-8-10-37-24)31-22(21)16-5-4-15(27)11-17(16)26/h3-6,8,10-11,14,18,22H,2,7,9,12-13H2,1H3,(H,30,31)(H,33,34)/b6-3+. The number of aromatic nitrogens is 1. The number of hydrogen-bond donors (Lipinski definition) is 2. The number of hydrogen-bond acceptors (Lipinski definition) is 8. The Labute approximate surface area is 224 Å². The van der Waals surface area contributed by atoms with Crippen molar-refractivity contribution in [2.45, 2.75) is 25.6 Å². The van der Waals surface area contributed by atoms with E-state index in [0.717, 1.165) is 6.08 Å². The van der Waals surface area contributed by atoms with Crippen LogP contribution in [0.15, 0.2) is 62.7 Å². The lowest BCUT2D eigenvalue weighted by atomic mass is 9.92. The van der Waals surface area contributed by atoms with Crippen LogP contribution in [0.1, 0.15) is 30.0 Å². The van der Waals surface area contributed by atoms with Gasteiger partial charge in [-0.2, -0.15) is 0 Å². The molecule has 12 heteroatoms. The van der Waals surface area contributed by atoms with Crippen molar-refractivity contribution >= 4 is 45.0 Å². The zero-order valence-electron chi connectivity index (χ0n) is 19.9. The lowest BCUT2D eigenvalue weighted by molar-refractivity contribution is -0.139. The summed E-state index contributed by atoms with van der Waals surface area (Å²) in [6, 6.07) is 3.35. The lowest BCUT2D eigenvalue weighted by Gasteiger charge is -2.36. The van der Waals surface area contributed by atoms with E-state index in [2.05, 4.69) is 26.2 Å².